The van der Waals surface area contributed by atoms with Crippen LogP contribution in [0.15, 0.2) is 59.5 Å². The number of carbonyl (C=O) groups excluding carboxylic acids is 1. The minimum atomic E-state index is -0.245. The van der Waals surface area contributed by atoms with Crippen LogP contribution >= 0.6 is 0 Å². The third kappa shape index (κ3) is 4.25. The van der Waals surface area contributed by atoms with Crippen molar-refractivity contribution < 1.29 is 4.79 Å². The maximum absolute atomic E-state index is 12.4. The molecule has 7 nitrogen and oxygen atoms in total. The number of hydrogen-bond acceptors (Lipinski definition) is 4. The summed E-state index contributed by atoms with van der Waals surface area (Å²) in [4.78, 5) is 29.3. The Morgan fingerprint density at radius 3 is 2.70 bits per heavy atom. The number of nitrogens with one attached hydrogen (secondary N) is 1. The van der Waals surface area contributed by atoms with Gasteiger partial charge in [0.25, 0.3) is 5.56 Å². The lowest BCUT2D eigenvalue weighted by molar-refractivity contribution is -0.121. The third-order valence-electron chi connectivity index (χ3n) is 5.33. The predicted molar refractivity (Wildman–Crippen MR) is 117 cm³/mol. The topological polar surface area (TPSA) is 81.8 Å². The highest BCUT2D eigenvalue weighted by Crippen LogP contribution is 2.15. The average molecular weight is 403 g/mol. The number of imidazole rings is 1. The fourth-order valence-corrected chi connectivity index (χ4v) is 3.66. The van der Waals surface area contributed by atoms with Gasteiger partial charge >= 0.3 is 0 Å². The van der Waals surface area contributed by atoms with E-state index in [0.717, 1.165) is 47.9 Å². The van der Waals surface area contributed by atoms with Crippen molar-refractivity contribution in [3.8, 4) is 0 Å². The summed E-state index contributed by atoms with van der Waals surface area (Å²) in [7, 11) is 2.05. The molecule has 30 heavy (non-hydrogen) atoms. The molecule has 2 aromatic heterocycles. The van der Waals surface area contributed by atoms with E-state index >= 15 is 0 Å². The molecule has 154 valence electrons. The Morgan fingerprint density at radius 2 is 1.83 bits per heavy atom. The van der Waals surface area contributed by atoms with Crippen molar-refractivity contribution in [2.75, 3.05) is 6.54 Å². The van der Waals surface area contributed by atoms with E-state index in [-0.39, 0.29) is 18.0 Å². The van der Waals surface area contributed by atoms with Gasteiger partial charge in [-0.1, -0.05) is 36.8 Å². The first-order chi connectivity index (χ1) is 14.6. The molecule has 0 aliphatic carbocycles. The first-order valence-electron chi connectivity index (χ1n) is 10.3. The van der Waals surface area contributed by atoms with Crippen molar-refractivity contribution in [2.45, 2.75) is 32.2 Å². The minimum absolute atomic E-state index is 0.0659. The smallest absolute Gasteiger partial charge is 0.275 e. The number of unbranched alkanes of at least 4 members (excludes halogenated alkanes) is 2. The highest BCUT2D eigenvalue weighted by atomic mass is 16.2. The summed E-state index contributed by atoms with van der Waals surface area (Å²) in [6.45, 7) is 0.521. The van der Waals surface area contributed by atoms with Crippen molar-refractivity contribution in [3.63, 3.8) is 0 Å². The van der Waals surface area contributed by atoms with Crippen molar-refractivity contribution in [1.29, 1.82) is 0 Å². The van der Waals surface area contributed by atoms with Crippen molar-refractivity contribution in [3.05, 3.63) is 70.9 Å². The zero-order valence-electron chi connectivity index (χ0n) is 17.0. The summed E-state index contributed by atoms with van der Waals surface area (Å²) in [6.07, 6.45) is 5.42. The molecular weight excluding hydrogens is 378 g/mol. The van der Waals surface area contributed by atoms with Crippen molar-refractivity contribution in [1.82, 2.24) is 24.6 Å². The molecule has 7 heteroatoms. The monoisotopic (exact) mass is 403 g/mol. The average Bonchev–Trinajstić information content (AvgIpc) is 3.08. The van der Waals surface area contributed by atoms with E-state index in [1.165, 1.54) is 4.68 Å². The maximum atomic E-state index is 12.4. The second-order valence-electron chi connectivity index (χ2n) is 7.43. The van der Waals surface area contributed by atoms with Crippen LogP contribution in [0.4, 0.5) is 0 Å². The van der Waals surface area contributed by atoms with Gasteiger partial charge in [-0.05, 0) is 31.0 Å². The fourth-order valence-electron chi connectivity index (χ4n) is 3.66. The molecule has 0 fully saturated rings. The summed E-state index contributed by atoms with van der Waals surface area (Å²) >= 11 is 0. The largest absolute Gasteiger partial charge is 0.354 e. The van der Waals surface area contributed by atoms with Crippen LogP contribution in [-0.4, -0.2) is 31.8 Å². The Labute approximate surface area is 174 Å². The van der Waals surface area contributed by atoms with E-state index in [1.807, 2.05) is 43.4 Å². The lowest BCUT2D eigenvalue weighted by Crippen LogP contribution is -2.34. The molecular formula is C23H25N5O2. The molecule has 0 saturated carbocycles. The molecule has 2 heterocycles. The summed E-state index contributed by atoms with van der Waals surface area (Å²) < 4.78 is 3.36. The second kappa shape index (κ2) is 8.90. The molecule has 0 saturated heterocycles. The fraction of sp³-hybridized carbons (Fsp3) is 0.304. The van der Waals surface area contributed by atoms with Gasteiger partial charge in [0.2, 0.25) is 5.91 Å². The number of fused-ring (bicyclic) bond motifs is 2. The molecule has 4 aromatic rings. The number of aryl methyl sites for hydroxylation is 2. The zero-order valence-corrected chi connectivity index (χ0v) is 17.0. The Bertz CT molecular complexity index is 1240. The molecule has 4 rings (SSSR count). The summed E-state index contributed by atoms with van der Waals surface area (Å²) in [6, 6.07) is 15.4. The molecule has 0 bridgehead atoms. The number of rotatable bonds is 8. The zero-order chi connectivity index (χ0) is 20.9. The molecule has 1 amide bonds. The van der Waals surface area contributed by atoms with Gasteiger partial charge in [-0.15, -0.1) is 0 Å². The molecule has 0 aliphatic heterocycles. The SMILES string of the molecule is Cn1c(CCCCCNC(=O)Cn2ncc3ccccc3c2=O)nc2ccccc21. The van der Waals surface area contributed by atoms with E-state index in [2.05, 4.69) is 26.0 Å². The van der Waals surface area contributed by atoms with Gasteiger partial charge in [-0.3, -0.25) is 9.59 Å². The Balaban J connectivity index is 1.21. The van der Waals surface area contributed by atoms with Crippen LogP contribution in [-0.2, 0) is 24.8 Å². The Morgan fingerprint density at radius 1 is 1.03 bits per heavy atom. The van der Waals surface area contributed by atoms with Crippen LogP contribution in [0.2, 0.25) is 0 Å². The van der Waals surface area contributed by atoms with Crippen LogP contribution in [0.3, 0.4) is 0 Å². The highest BCUT2D eigenvalue weighted by molar-refractivity contribution is 5.81. The molecule has 0 aliphatic rings. The van der Waals surface area contributed by atoms with Crippen LogP contribution in [0.1, 0.15) is 25.1 Å². The van der Waals surface area contributed by atoms with Gasteiger partial charge in [-0.25, -0.2) is 9.67 Å². The lowest BCUT2D eigenvalue weighted by atomic mass is 10.2. The van der Waals surface area contributed by atoms with Gasteiger partial charge in [0.1, 0.15) is 12.4 Å². The number of amides is 1. The van der Waals surface area contributed by atoms with Crippen LogP contribution in [0.5, 0.6) is 0 Å². The molecule has 0 atom stereocenters. The molecule has 2 aromatic carbocycles. The molecule has 0 radical (unpaired) electrons. The highest BCUT2D eigenvalue weighted by Gasteiger charge is 2.09. The van der Waals surface area contributed by atoms with Crippen molar-refractivity contribution >= 4 is 27.7 Å². The summed E-state index contributed by atoms with van der Waals surface area (Å²) in [5.74, 6) is 0.886. The van der Waals surface area contributed by atoms with Crippen LogP contribution in [0, 0.1) is 0 Å². The lowest BCUT2D eigenvalue weighted by Gasteiger charge is -2.07. The first-order valence-corrected chi connectivity index (χ1v) is 10.3. The first kappa shape index (κ1) is 19.8. The van der Waals surface area contributed by atoms with E-state index in [4.69, 9.17) is 0 Å². The molecule has 0 spiro atoms. The minimum Gasteiger partial charge on any atom is -0.354 e. The van der Waals surface area contributed by atoms with Crippen LogP contribution in [0.25, 0.3) is 21.8 Å². The van der Waals surface area contributed by atoms with Gasteiger partial charge in [0, 0.05) is 25.4 Å². The molecule has 0 unspecified atom stereocenters. The van der Waals surface area contributed by atoms with E-state index < -0.39 is 0 Å². The maximum Gasteiger partial charge on any atom is 0.275 e. The second-order valence-corrected chi connectivity index (χ2v) is 7.43. The van der Waals surface area contributed by atoms with E-state index in [0.29, 0.717) is 11.9 Å². The number of carbonyl (C=O) groups is 1. The predicted octanol–water partition coefficient (Wildman–Crippen LogP) is 2.81. The van der Waals surface area contributed by atoms with E-state index in [1.54, 1.807) is 12.3 Å². The number of para-hydroxylation sites is 2. The van der Waals surface area contributed by atoms with Gasteiger partial charge in [0.15, 0.2) is 0 Å². The normalized spacial score (nSPS) is 11.2. The number of aromatic nitrogens is 4. The number of nitrogens with zero attached hydrogens (tertiary/aromatic N) is 4. The third-order valence-corrected chi connectivity index (χ3v) is 5.33. The summed E-state index contributed by atoms with van der Waals surface area (Å²) in [5.41, 5.74) is 1.93. The summed E-state index contributed by atoms with van der Waals surface area (Å²) in [5, 5.41) is 8.33. The Kier molecular flexibility index (Phi) is 5.88. The number of hydrogen-bond donors (Lipinski definition) is 1. The van der Waals surface area contributed by atoms with Gasteiger partial charge in [-0.2, -0.15) is 5.10 Å². The molecule has 1 N–H and O–H groups in total. The van der Waals surface area contributed by atoms with Gasteiger partial charge < -0.3 is 9.88 Å². The standard InChI is InChI=1S/C23H25N5O2/c1-27-20-12-7-6-11-19(20)26-21(27)13-3-2-8-14-24-22(29)16-28-23(30)18-10-5-4-9-17(18)15-25-28/h4-7,9-12,15H,2-3,8,13-14,16H2,1H3,(H,24,29). The number of benzene rings is 2. The van der Waals surface area contributed by atoms with Gasteiger partial charge in [0.05, 0.1) is 22.6 Å². The Hall–Kier alpha value is -3.48. The van der Waals surface area contributed by atoms with Crippen molar-refractivity contribution in [2.24, 2.45) is 7.05 Å². The van der Waals surface area contributed by atoms with E-state index in [9.17, 15) is 9.59 Å². The quantitative estimate of drug-likeness (QED) is 0.459. The van der Waals surface area contributed by atoms with Crippen LogP contribution < -0.4 is 10.9 Å².